The number of aliphatic hydroxyl groups is 2. The highest BCUT2D eigenvalue weighted by molar-refractivity contribution is 5.94. The number of nitrogens with one attached hydrogen (secondary N) is 2. The molecule has 0 radical (unpaired) electrons. The van der Waals surface area contributed by atoms with Crippen LogP contribution in [0.4, 0.5) is 0 Å². The number of hydrogen-bond acceptors (Lipinski definition) is 7. The van der Waals surface area contributed by atoms with Crippen molar-refractivity contribution in [2.45, 2.75) is 57.0 Å². The van der Waals surface area contributed by atoms with Gasteiger partial charge in [0.05, 0.1) is 12.7 Å². The summed E-state index contributed by atoms with van der Waals surface area (Å²) < 4.78 is 0. The largest absolute Gasteiger partial charge is 0.480 e. The van der Waals surface area contributed by atoms with Gasteiger partial charge in [0, 0.05) is 6.54 Å². The number of aliphatic carboxylic acids is 1. The molecule has 1 rings (SSSR count). The summed E-state index contributed by atoms with van der Waals surface area (Å²) in [6.45, 7) is 2.22. The number of aliphatic hydroxyl groups excluding tert-OH is 2. The van der Waals surface area contributed by atoms with Gasteiger partial charge in [-0.1, -0.05) is 0 Å². The van der Waals surface area contributed by atoms with Crippen LogP contribution < -0.4 is 16.4 Å². The molecule has 11 heteroatoms. The summed E-state index contributed by atoms with van der Waals surface area (Å²) in [6, 6.07) is -4.62. The van der Waals surface area contributed by atoms with Gasteiger partial charge in [0.15, 0.2) is 0 Å². The number of carboxylic acids is 1. The van der Waals surface area contributed by atoms with E-state index in [1.54, 1.807) is 0 Å². The maximum Gasteiger partial charge on any atom is 0.326 e. The fraction of sp³-hybridized carbons (Fsp3) is 0.733. The molecule has 1 aliphatic rings. The number of carbonyl (C=O) groups is 4. The molecule has 0 saturated carbocycles. The van der Waals surface area contributed by atoms with Crippen LogP contribution in [0.25, 0.3) is 0 Å². The Morgan fingerprint density at radius 2 is 1.81 bits per heavy atom. The molecular formula is C15H26N4O7. The molecule has 1 saturated heterocycles. The Bertz CT molecular complexity index is 554. The van der Waals surface area contributed by atoms with Crippen LogP contribution in [-0.4, -0.2) is 87.3 Å². The Labute approximate surface area is 150 Å². The number of amides is 3. The van der Waals surface area contributed by atoms with Gasteiger partial charge in [-0.05, 0) is 26.7 Å². The summed E-state index contributed by atoms with van der Waals surface area (Å²) in [6.07, 6.45) is -0.259. The lowest BCUT2D eigenvalue weighted by atomic mass is 10.1. The SMILES string of the molecule is C[C@H](NC(=O)[C@H](CO)NC(=O)[C@@H](N)[C@@H](C)O)C(=O)N1CCC[C@H]1C(=O)O. The minimum atomic E-state index is -1.36. The second-order valence-corrected chi connectivity index (χ2v) is 6.27. The molecule has 1 aliphatic heterocycles. The number of likely N-dealkylation sites (tertiary alicyclic amines) is 1. The molecule has 1 fully saturated rings. The van der Waals surface area contributed by atoms with Crippen LogP contribution in [0.3, 0.4) is 0 Å². The Morgan fingerprint density at radius 1 is 1.19 bits per heavy atom. The van der Waals surface area contributed by atoms with Gasteiger partial charge in [-0.3, -0.25) is 14.4 Å². The molecule has 3 amide bonds. The summed E-state index contributed by atoms with van der Waals surface area (Å²) in [5, 5.41) is 32.2. The predicted molar refractivity (Wildman–Crippen MR) is 88.6 cm³/mol. The van der Waals surface area contributed by atoms with Gasteiger partial charge < -0.3 is 36.6 Å². The van der Waals surface area contributed by atoms with Crippen LogP contribution in [0, 0.1) is 0 Å². The summed E-state index contributed by atoms with van der Waals surface area (Å²) >= 11 is 0. The van der Waals surface area contributed by atoms with Crippen molar-refractivity contribution in [2.24, 2.45) is 5.73 Å². The smallest absolute Gasteiger partial charge is 0.326 e. The van der Waals surface area contributed by atoms with E-state index in [9.17, 15) is 29.4 Å². The fourth-order valence-corrected chi connectivity index (χ4v) is 2.59. The minimum absolute atomic E-state index is 0.277. The van der Waals surface area contributed by atoms with Crippen molar-refractivity contribution < 1.29 is 34.5 Å². The third-order valence-electron chi connectivity index (χ3n) is 4.19. The molecule has 11 nitrogen and oxygen atoms in total. The van der Waals surface area contributed by atoms with Crippen molar-refractivity contribution in [1.82, 2.24) is 15.5 Å². The Hall–Kier alpha value is -2.24. The van der Waals surface area contributed by atoms with E-state index in [1.165, 1.54) is 18.7 Å². The average molecular weight is 374 g/mol. The van der Waals surface area contributed by atoms with E-state index in [1.807, 2.05) is 0 Å². The molecule has 5 atom stereocenters. The van der Waals surface area contributed by atoms with Crippen LogP contribution in [0.2, 0.25) is 0 Å². The van der Waals surface area contributed by atoms with Gasteiger partial charge in [0.25, 0.3) is 0 Å². The molecule has 148 valence electrons. The molecule has 26 heavy (non-hydrogen) atoms. The van der Waals surface area contributed by atoms with Gasteiger partial charge in [0.1, 0.15) is 24.2 Å². The van der Waals surface area contributed by atoms with Crippen LogP contribution in [0.5, 0.6) is 0 Å². The van der Waals surface area contributed by atoms with Crippen LogP contribution in [-0.2, 0) is 19.2 Å². The standard InChI is InChI=1S/C15H26N4O7/c1-7(14(24)19-5-3-4-10(19)15(25)26)17-12(22)9(6-20)18-13(23)11(16)8(2)21/h7-11,20-21H,3-6,16H2,1-2H3,(H,17,22)(H,18,23)(H,25,26)/t7-,8+,9-,10-,11-/m0/s1. The molecule has 1 heterocycles. The van der Waals surface area contributed by atoms with E-state index in [0.717, 1.165) is 0 Å². The molecule has 0 spiro atoms. The molecule has 0 unspecified atom stereocenters. The summed E-state index contributed by atoms with van der Waals surface area (Å²) in [7, 11) is 0. The highest BCUT2D eigenvalue weighted by Crippen LogP contribution is 2.18. The van der Waals surface area contributed by atoms with Crippen LogP contribution in [0.1, 0.15) is 26.7 Å². The first-order valence-corrected chi connectivity index (χ1v) is 8.28. The molecule has 7 N–H and O–H groups in total. The first-order chi connectivity index (χ1) is 12.1. The third kappa shape index (κ3) is 5.38. The lowest BCUT2D eigenvalue weighted by Gasteiger charge is -2.26. The van der Waals surface area contributed by atoms with Crippen molar-refractivity contribution in [1.29, 1.82) is 0 Å². The second-order valence-electron chi connectivity index (χ2n) is 6.27. The van der Waals surface area contributed by atoms with E-state index in [4.69, 9.17) is 10.8 Å². The Morgan fingerprint density at radius 3 is 2.31 bits per heavy atom. The van der Waals surface area contributed by atoms with Crippen LogP contribution in [0.15, 0.2) is 0 Å². The number of hydrogen-bond donors (Lipinski definition) is 6. The van der Waals surface area contributed by atoms with Gasteiger partial charge in [-0.15, -0.1) is 0 Å². The van der Waals surface area contributed by atoms with Gasteiger partial charge in [-0.2, -0.15) is 0 Å². The van der Waals surface area contributed by atoms with Gasteiger partial charge >= 0.3 is 5.97 Å². The zero-order valence-corrected chi connectivity index (χ0v) is 14.7. The number of carbonyl (C=O) groups excluding carboxylic acids is 3. The van der Waals surface area contributed by atoms with E-state index in [2.05, 4.69) is 10.6 Å². The van der Waals surface area contributed by atoms with Crippen LogP contribution >= 0.6 is 0 Å². The lowest BCUT2D eigenvalue weighted by Crippen LogP contribution is -2.58. The summed E-state index contributed by atoms with van der Waals surface area (Å²) in [4.78, 5) is 48.7. The molecule has 0 aromatic rings. The molecule has 0 aromatic carbocycles. The molecular weight excluding hydrogens is 348 g/mol. The van der Waals surface area contributed by atoms with Crippen molar-refractivity contribution >= 4 is 23.7 Å². The highest BCUT2D eigenvalue weighted by atomic mass is 16.4. The quantitative estimate of drug-likeness (QED) is 0.256. The third-order valence-corrected chi connectivity index (χ3v) is 4.19. The maximum atomic E-state index is 12.4. The maximum absolute atomic E-state index is 12.4. The zero-order valence-electron chi connectivity index (χ0n) is 14.7. The first kappa shape index (κ1) is 21.8. The van der Waals surface area contributed by atoms with E-state index in [0.29, 0.717) is 12.8 Å². The summed E-state index contributed by atoms with van der Waals surface area (Å²) in [5.74, 6) is -3.34. The molecule has 0 bridgehead atoms. The van der Waals surface area contributed by atoms with Crippen molar-refractivity contribution in [3.8, 4) is 0 Å². The van der Waals surface area contributed by atoms with Gasteiger partial charge in [0.2, 0.25) is 17.7 Å². The normalized spacial score (nSPS) is 21.4. The van der Waals surface area contributed by atoms with Crippen molar-refractivity contribution in [3.63, 3.8) is 0 Å². The van der Waals surface area contributed by atoms with E-state index in [-0.39, 0.29) is 6.54 Å². The highest BCUT2D eigenvalue weighted by Gasteiger charge is 2.37. The second kappa shape index (κ2) is 9.46. The summed E-state index contributed by atoms with van der Waals surface area (Å²) in [5.41, 5.74) is 5.45. The first-order valence-electron chi connectivity index (χ1n) is 8.28. The molecule has 0 aliphatic carbocycles. The van der Waals surface area contributed by atoms with Crippen molar-refractivity contribution in [2.75, 3.05) is 13.2 Å². The Kier molecular flexibility index (Phi) is 7.93. The lowest BCUT2D eigenvalue weighted by molar-refractivity contribution is -0.149. The fourth-order valence-electron chi connectivity index (χ4n) is 2.59. The van der Waals surface area contributed by atoms with Crippen molar-refractivity contribution in [3.05, 3.63) is 0 Å². The number of carboxylic acid groups (broad SMARTS) is 1. The zero-order chi connectivity index (χ0) is 20.0. The average Bonchev–Trinajstić information content (AvgIpc) is 3.07. The predicted octanol–water partition coefficient (Wildman–Crippen LogP) is -3.25. The molecule has 0 aromatic heterocycles. The van der Waals surface area contributed by atoms with E-state index >= 15 is 0 Å². The number of nitrogens with two attached hydrogens (primary N) is 1. The number of nitrogens with zero attached hydrogens (tertiary/aromatic N) is 1. The van der Waals surface area contributed by atoms with Gasteiger partial charge in [-0.25, -0.2) is 4.79 Å². The topological polar surface area (TPSA) is 182 Å². The van der Waals surface area contributed by atoms with E-state index < -0.39 is 60.6 Å². The Balaban J connectivity index is 2.67. The minimum Gasteiger partial charge on any atom is -0.480 e. The number of rotatable bonds is 8. The monoisotopic (exact) mass is 374 g/mol.